The van der Waals surface area contributed by atoms with Gasteiger partial charge in [0.2, 0.25) is 10.0 Å². The van der Waals surface area contributed by atoms with Gasteiger partial charge in [0, 0.05) is 17.5 Å². The molecule has 0 atom stereocenters. The average molecular weight is 295 g/mol. The normalized spacial score (nSPS) is 15.9. The Bertz CT molecular complexity index is 642. The van der Waals surface area contributed by atoms with Crippen molar-refractivity contribution in [2.24, 2.45) is 5.41 Å². The van der Waals surface area contributed by atoms with Gasteiger partial charge in [-0.1, -0.05) is 20.8 Å². The molecule has 2 rings (SSSR count). The molecule has 20 heavy (non-hydrogen) atoms. The number of aryl methyl sites for hydroxylation is 1. The molecule has 0 radical (unpaired) electrons. The summed E-state index contributed by atoms with van der Waals surface area (Å²) in [6, 6.07) is 5.34. The number of fused-ring (bicyclic) bond motifs is 1. The van der Waals surface area contributed by atoms with Crippen LogP contribution in [0.3, 0.4) is 0 Å². The van der Waals surface area contributed by atoms with Crippen LogP contribution in [0.1, 0.15) is 43.1 Å². The fourth-order valence-corrected chi connectivity index (χ4v) is 3.48. The summed E-state index contributed by atoms with van der Waals surface area (Å²) in [7, 11) is -3.25. The van der Waals surface area contributed by atoms with Gasteiger partial charge in [-0.25, -0.2) is 8.42 Å². The molecule has 0 N–H and O–H groups in total. The van der Waals surface area contributed by atoms with Crippen LogP contribution in [0.15, 0.2) is 18.2 Å². The molecule has 0 saturated carbocycles. The summed E-state index contributed by atoms with van der Waals surface area (Å²) in [6.07, 6.45) is 2.82. The van der Waals surface area contributed by atoms with Gasteiger partial charge >= 0.3 is 0 Å². The van der Waals surface area contributed by atoms with E-state index in [0.29, 0.717) is 17.8 Å². The van der Waals surface area contributed by atoms with Crippen LogP contribution in [0, 0.1) is 5.41 Å². The predicted molar refractivity (Wildman–Crippen MR) is 80.7 cm³/mol. The third-order valence-corrected chi connectivity index (χ3v) is 4.68. The van der Waals surface area contributed by atoms with Gasteiger partial charge in [0.25, 0.3) is 0 Å². The number of hydrogen-bond acceptors (Lipinski definition) is 3. The standard InChI is InChI=1S/C15H21NO3S/c1-15(2,3)14(17)12-7-8-13-11(10-12)6-5-9-16(13)20(4,18)19/h7-8,10H,5-6,9H2,1-4H3. The van der Waals surface area contributed by atoms with E-state index in [4.69, 9.17) is 0 Å². The number of sulfonamides is 1. The number of anilines is 1. The highest BCUT2D eigenvalue weighted by Gasteiger charge is 2.27. The highest BCUT2D eigenvalue weighted by Crippen LogP contribution is 2.31. The topological polar surface area (TPSA) is 54.5 Å². The Morgan fingerprint density at radius 3 is 2.45 bits per heavy atom. The molecule has 4 nitrogen and oxygen atoms in total. The van der Waals surface area contributed by atoms with Gasteiger partial charge in [-0.2, -0.15) is 0 Å². The summed E-state index contributed by atoms with van der Waals surface area (Å²) in [6.45, 7) is 6.17. The molecule has 0 amide bonds. The van der Waals surface area contributed by atoms with Crippen LogP contribution in [-0.4, -0.2) is 27.0 Å². The molecular weight excluding hydrogens is 274 g/mol. The maximum atomic E-state index is 12.3. The summed E-state index contributed by atoms with van der Waals surface area (Å²) < 4.78 is 25.0. The van der Waals surface area contributed by atoms with Crippen LogP contribution in [0.4, 0.5) is 5.69 Å². The van der Waals surface area contributed by atoms with Gasteiger partial charge in [-0.05, 0) is 36.6 Å². The van der Waals surface area contributed by atoms with Crippen molar-refractivity contribution in [3.63, 3.8) is 0 Å². The average Bonchev–Trinajstić information content (AvgIpc) is 2.34. The summed E-state index contributed by atoms with van der Waals surface area (Å²) in [4.78, 5) is 12.3. The Hall–Kier alpha value is -1.36. The van der Waals surface area contributed by atoms with Gasteiger partial charge < -0.3 is 0 Å². The SMILES string of the molecule is CC(C)(C)C(=O)c1ccc2c(c1)CCCN2S(C)(=O)=O. The monoisotopic (exact) mass is 295 g/mol. The van der Waals surface area contributed by atoms with Crippen LogP contribution >= 0.6 is 0 Å². The lowest BCUT2D eigenvalue weighted by atomic mass is 9.85. The molecule has 0 aromatic heterocycles. The van der Waals surface area contributed by atoms with Crippen LogP contribution < -0.4 is 4.31 Å². The van der Waals surface area contributed by atoms with Crippen molar-refractivity contribution in [1.82, 2.24) is 0 Å². The largest absolute Gasteiger partial charge is 0.294 e. The van der Waals surface area contributed by atoms with Crippen molar-refractivity contribution in [2.45, 2.75) is 33.6 Å². The molecule has 0 fully saturated rings. The number of carbonyl (C=O) groups excluding carboxylic acids is 1. The molecule has 1 aromatic carbocycles. The molecule has 0 saturated heterocycles. The van der Waals surface area contributed by atoms with Crippen molar-refractivity contribution in [1.29, 1.82) is 0 Å². The fraction of sp³-hybridized carbons (Fsp3) is 0.533. The smallest absolute Gasteiger partial charge is 0.232 e. The van der Waals surface area contributed by atoms with E-state index in [-0.39, 0.29) is 5.78 Å². The van der Waals surface area contributed by atoms with E-state index in [1.807, 2.05) is 26.8 Å². The third-order valence-electron chi connectivity index (χ3n) is 3.50. The number of rotatable bonds is 2. The first-order valence-electron chi connectivity index (χ1n) is 6.76. The van der Waals surface area contributed by atoms with Crippen molar-refractivity contribution in [3.8, 4) is 0 Å². The van der Waals surface area contributed by atoms with Gasteiger partial charge in [0.1, 0.15) is 0 Å². The van der Waals surface area contributed by atoms with E-state index in [1.54, 1.807) is 12.1 Å². The van der Waals surface area contributed by atoms with Crippen molar-refractivity contribution < 1.29 is 13.2 Å². The van der Waals surface area contributed by atoms with Crippen molar-refractivity contribution in [2.75, 3.05) is 17.1 Å². The number of nitrogens with zero attached hydrogens (tertiary/aromatic N) is 1. The molecule has 0 aliphatic carbocycles. The molecule has 110 valence electrons. The van der Waals surface area contributed by atoms with Crippen LogP contribution in [0.5, 0.6) is 0 Å². The molecule has 1 aliphatic heterocycles. The summed E-state index contributed by atoms with van der Waals surface area (Å²) >= 11 is 0. The number of carbonyl (C=O) groups is 1. The third kappa shape index (κ3) is 2.87. The van der Waals surface area contributed by atoms with E-state index in [9.17, 15) is 13.2 Å². The molecule has 0 spiro atoms. The van der Waals surface area contributed by atoms with Crippen LogP contribution in [0.2, 0.25) is 0 Å². The second-order valence-electron chi connectivity index (χ2n) is 6.36. The zero-order valence-electron chi connectivity index (χ0n) is 12.4. The number of benzene rings is 1. The maximum absolute atomic E-state index is 12.3. The molecule has 1 aromatic rings. The van der Waals surface area contributed by atoms with Gasteiger partial charge in [0.05, 0.1) is 11.9 Å². The minimum absolute atomic E-state index is 0.0804. The highest BCUT2D eigenvalue weighted by atomic mass is 32.2. The Balaban J connectivity index is 2.45. The van der Waals surface area contributed by atoms with E-state index in [1.165, 1.54) is 10.6 Å². The Kier molecular flexibility index (Phi) is 3.67. The Labute approximate surface area is 120 Å². The van der Waals surface area contributed by atoms with E-state index >= 15 is 0 Å². The van der Waals surface area contributed by atoms with Gasteiger partial charge in [0.15, 0.2) is 5.78 Å². The molecule has 0 unspecified atom stereocenters. The van der Waals surface area contributed by atoms with E-state index in [0.717, 1.165) is 18.4 Å². The van der Waals surface area contributed by atoms with Crippen molar-refractivity contribution in [3.05, 3.63) is 29.3 Å². The quantitative estimate of drug-likeness (QED) is 0.788. The first-order chi connectivity index (χ1) is 9.10. The Morgan fingerprint density at radius 1 is 1.25 bits per heavy atom. The number of ketones is 1. The molecule has 0 bridgehead atoms. The second-order valence-corrected chi connectivity index (χ2v) is 8.27. The molecular formula is C15H21NO3S. The van der Waals surface area contributed by atoms with E-state index < -0.39 is 15.4 Å². The maximum Gasteiger partial charge on any atom is 0.232 e. The summed E-state index contributed by atoms with van der Waals surface area (Å²) in [5, 5.41) is 0. The zero-order chi connectivity index (χ0) is 15.1. The second kappa shape index (κ2) is 4.88. The summed E-state index contributed by atoms with van der Waals surface area (Å²) in [5.41, 5.74) is 1.88. The van der Waals surface area contributed by atoms with Crippen molar-refractivity contribution >= 4 is 21.5 Å². The number of hydrogen-bond donors (Lipinski definition) is 0. The lowest BCUT2D eigenvalue weighted by Gasteiger charge is -2.29. The minimum atomic E-state index is -3.25. The first kappa shape index (κ1) is 15.0. The summed E-state index contributed by atoms with van der Waals surface area (Å²) in [5.74, 6) is 0.0804. The first-order valence-corrected chi connectivity index (χ1v) is 8.61. The minimum Gasteiger partial charge on any atom is -0.294 e. The van der Waals surface area contributed by atoms with E-state index in [2.05, 4.69) is 0 Å². The highest BCUT2D eigenvalue weighted by molar-refractivity contribution is 7.92. The lowest BCUT2D eigenvalue weighted by molar-refractivity contribution is 0.0858. The fourth-order valence-electron chi connectivity index (χ4n) is 2.48. The lowest BCUT2D eigenvalue weighted by Crippen LogP contribution is -2.34. The predicted octanol–water partition coefficient (Wildman–Crippen LogP) is 2.63. The molecule has 1 heterocycles. The van der Waals surface area contributed by atoms with Gasteiger partial charge in [-0.3, -0.25) is 9.10 Å². The van der Waals surface area contributed by atoms with Crippen LogP contribution in [-0.2, 0) is 16.4 Å². The zero-order valence-corrected chi connectivity index (χ0v) is 13.3. The van der Waals surface area contributed by atoms with Crippen LogP contribution in [0.25, 0.3) is 0 Å². The number of Topliss-reactive ketones (excluding diaryl/α,β-unsaturated/α-hetero) is 1. The molecule has 1 aliphatic rings. The Morgan fingerprint density at radius 2 is 1.90 bits per heavy atom. The molecule has 5 heteroatoms. The van der Waals surface area contributed by atoms with Gasteiger partial charge in [-0.15, -0.1) is 0 Å².